The number of hydrogen-bond donors (Lipinski definition) is 0. The van der Waals surface area contributed by atoms with E-state index in [1.165, 1.54) is 6.07 Å². The fraction of sp³-hybridized carbons (Fsp3) is 0.562. The highest BCUT2D eigenvalue weighted by atomic mass is 35.5. The lowest BCUT2D eigenvalue weighted by Gasteiger charge is -2.24. The SMILES string of the molecule is Cc1cc2c(cc1F)nc(C(C)Cl)n2CC1CCCOC1. The number of benzene rings is 1. The first-order chi connectivity index (χ1) is 10.1. The van der Waals surface area contributed by atoms with E-state index in [0.717, 1.165) is 43.9 Å². The van der Waals surface area contributed by atoms with Crippen molar-refractivity contribution in [3.63, 3.8) is 0 Å². The minimum Gasteiger partial charge on any atom is -0.381 e. The van der Waals surface area contributed by atoms with E-state index in [1.54, 1.807) is 6.92 Å². The second kappa shape index (κ2) is 5.93. The van der Waals surface area contributed by atoms with Crippen LogP contribution in [0.15, 0.2) is 12.1 Å². The maximum atomic E-state index is 13.7. The van der Waals surface area contributed by atoms with Gasteiger partial charge in [-0.2, -0.15) is 0 Å². The molecular formula is C16H20ClFN2O. The van der Waals surface area contributed by atoms with Crippen molar-refractivity contribution < 1.29 is 9.13 Å². The van der Waals surface area contributed by atoms with E-state index >= 15 is 0 Å². The summed E-state index contributed by atoms with van der Waals surface area (Å²) in [6.07, 6.45) is 2.24. The van der Waals surface area contributed by atoms with Crippen molar-refractivity contribution in [2.75, 3.05) is 13.2 Å². The van der Waals surface area contributed by atoms with Gasteiger partial charge in [-0.25, -0.2) is 9.37 Å². The van der Waals surface area contributed by atoms with E-state index < -0.39 is 0 Å². The van der Waals surface area contributed by atoms with Gasteiger partial charge in [0, 0.05) is 25.1 Å². The first kappa shape index (κ1) is 14.8. The molecule has 21 heavy (non-hydrogen) atoms. The minimum absolute atomic E-state index is 0.203. The number of aromatic nitrogens is 2. The van der Waals surface area contributed by atoms with E-state index in [4.69, 9.17) is 16.3 Å². The summed E-state index contributed by atoms with van der Waals surface area (Å²) < 4.78 is 21.4. The molecule has 3 nitrogen and oxygen atoms in total. The van der Waals surface area contributed by atoms with Crippen LogP contribution in [-0.2, 0) is 11.3 Å². The van der Waals surface area contributed by atoms with Crippen LogP contribution in [0.1, 0.15) is 36.5 Å². The molecule has 1 aromatic heterocycles. The van der Waals surface area contributed by atoms with Crippen molar-refractivity contribution in [2.24, 2.45) is 5.92 Å². The Balaban J connectivity index is 2.04. The summed E-state index contributed by atoms with van der Waals surface area (Å²) in [6.45, 7) is 6.13. The number of nitrogens with zero attached hydrogens (tertiary/aromatic N) is 2. The van der Waals surface area contributed by atoms with Crippen molar-refractivity contribution in [3.05, 3.63) is 29.3 Å². The number of aryl methyl sites for hydroxylation is 1. The quantitative estimate of drug-likeness (QED) is 0.794. The van der Waals surface area contributed by atoms with E-state index in [9.17, 15) is 4.39 Å². The van der Waals surface area contributed by atoms with E-state index in [0.29, 0.717) is 17.0 Å². The molecule has 2 heterocycles. The maximum Gasteiger partial charge on any atom is 0.128 e. The van der Waals surface area contributed by atoms with Crippen LogP contribution in [0.2, 0.25) is 0 Å². The Hall–Kier alpha value is -1.13. The molecule has 1 saturated heterocycles. The highest BCUT2D eigenvalue weighted by Gasteiger charge is 2.21. The summed E-state index contributed by atoms with van der Waals surface area (Å²) >= 11 is 6.27. The average molecular weight is 311 g/mol. The summed E-state index contributed by atoms with van der Waals surface area (Å²) in [5.41, 5.74) is 2.27. The molecule has 3 rings (SSSR count). The van der Waals surface area contributed by atoms with Crippen LogP contribution >= 0.6 is 11.6 Å². The molecule has 0 aliphatic carbocycles. The second-order valence-electron chi connectivity index (χ2n) is 5.87. The van der Waals surface area contributed by atoms with Gasteiger partial charge in [-0.3, -0.25) is 0 Å². The van der Waals surface area contributed by atoms with Gasteiger partial charge in [-0.05, 0) is 38.3 Å². The third kappa shape index (κ3) is 2.92. The third-order valence-corrected chi connectivity index (χ3v) is 4.30. The van der Waals surface area contributed by atoms with Gasteiger partial charge in [0.1, 0.15) is 11.6 Å². The zero-order chi connectivity index (χ0) is 15.0. The molecule has 1 aromatic carbocycles. The molecule has 5 heteroatoms. The topological polar surface area (TPSA) is 27.1 Å². The van der Waals surface area contributed by atoms with Crippen LogP contribution in [-0.4, -0.2) is 22.8 Å². The maximum absolute atomic E-state index is 13.7. The largest absolute Gasteiger partial charge is 0.381 e. The molecule has 0 bridgehead atoms. The Labute approximate surface area is 129 Å². The molecule has 2 unspecified atom stereocenters. The number of fused-ring (bicyclic) bond motifs is 1. The fourth-order valence-corrected chi connectivity index (χ4v) is 3.14. The summed E-state index contributed by atoms with van der Waals surface area (Å²) in [5, 5.41) is -0.203. The predicted molar refractivity (Wildman–Crippen MR) is 82.2 cm³/mol. The van der Waals surface area contributed by atoms with Gasteiger partial charge < -0.3 is 9.30 Å². The molecule has 1 aliphatic rings. The molecule has 1 fully saturated rings. The molecule has 2 aromatic rings. The zero-order valence-electron chi connectivity index (χ0n) is 12.4. The van der Waals surface area contributed by atoms with Gasteiger partial charge in [0.2, 0.25) is 0 Å². The average Bonchev–Trinajstić information content (AvgIpc) is 2.79. The van der Waals surface area contributed by atoms with E-state index in [1.807, 2.05) is 13.0 Å². The normalized spacial score (nSPS) is 20.9. The number of halogens is 2. The lowest BCUT2D eigenvalue weighted by atomic mass is 10.0. The van der Waals surface area contributed by atoms with Crippen molar-refractivity contribution in [3.8, 4) is 0 Å². The Morgan fingerprint density at radius 1 is 1.52 bits per heavy atom. The molecule has 0 radical (unpaired) electrons. The molecule has 114 valence electrons. The van der Waals surface area contributed by atoms with Crippen LogP contribution in [0.25, 0.3) is 11.0 Å². The second-order valence-corrected chi connectivity index (χ2v) is 6.52. The molecular weight excluding hydrogens is 291 g/mol. The van der Waals surface area contributed by atoms with E-state index in [-0.39, 0.29) is 11.2 Å². The summed E-state index contributed by atoms with van der Waals surface area (Å²) in [5.74, 6) is 1.06. The molecule has 0 N–H and O–H groups in total. The van der Waals surface area contributed by atoms with Gasteiger partial charge in [-0.1, -0.05) is 0 Å². The summed E-state index contributed by atoms with van der Waals surface area (Å²) in [6, 6.07) is 3.37. The van der Waals surface area contributed by atoms with Crippen LogP contribution in [0, 0.1) is 18.7 Å². The Morgan fingerprint density at radius 2 is 2.33 bits per heavy atom. The van der Waals surface area contributed by atoms with Crippen molar-refractivity contribution >= 4 is 22.6 Å². The highest BCUT2D eigenvalue weighted by molar-refractivity contribution is 6.20. The first-order valence-corrected chi connectivity index (χ1v) is 7.88. The van der Waals surface area contributed by atoms with Gasteiger partial charge in [-0.15, -0.1) is 11.6 Å². The van der Waals surface area contributed by atoms with Crippen LogP contribution in [0.4, 0.5) is 4.39 Å². The van der Waals surface area contributed by atoms with Crippen molar-refractivity contribution in [1.82, 2.24) is 9.55 Å². The van der Waals surface area contributed by atoms with Crippen LogP contribution < -0.4 is 0 Å². The molecule has 2 atom stereocenters. The smallest absolute Gasteiger partial charge is 0.128 e. The van der Waals surface area contributed by atoms with Crippen LogP contribution in [0.3, 0.4) is 0 Å². The van der Waals surface area contributed by atoms with E-state index in [2.05, 4.69) is 9.55 Å². The lowest BCUT2D eigenvalue weighted by molar-refractivity contribution is 0.0485. The molecule has 0 saturated carbocycles. The third-order valence-electron chi connectivity index (χ3n) is 4.11. The number of imidazole rings is 1. The van der Waals surface area contributed by atoms with Crippen molar-refractivity contribution in [2.45, 2.75) is 38.6 Å². The number of hydrogen-bond acceptors (Lipinski definition) is 2. The van der Waals surface area contributed by atoms with Gasteiger partial charge in [0.05, 0.1) is 23.0 Å². The zero-order valence-corrected chi connectivity index (χ0v) is 13.2. The predicted octanol–water partition coefficient (Wildman–Crippen LogP) is 4.21. The monoisotopic (exact) mass is 310 g/mol. The Kier molecular flexibility index (Phi) is 4.18. The Bertz CT molecular complexity index is 647. The number of rotatable bonds is 3. The molecule has 1 aliphatic heterocycles. The molecule has 0 spiro atoms. The fourth-order valence-electron chi connectivity index (χ4n) is 2.97. The summed E-state index contributed by atoms with van der Waals surface area (Å²) in [7, 11) is 0. The van der Waals surface area contributed by atoms with Gasteiger partial charge in [0.25, 0.3) is 0 Å². The number of alkyl halides is 1. The van der Waals surface area contributed by atoms with Gasteiger partial charge in [0.15, 0.2) is 0 Å². The van der Waals surface area contributed by atoms with Gasteiger partial charge >= 0.3 is 0 Å². The lowest BCUT2D eigenvalue weighted by Crippen LogP contribution is -2.23. The van der Waals surface area contributed by atoms with Crippen LogP contribution in [0.5, 0.6) is 0 Å². The van der Waals surface area contributed by atoms with Crippen molar-refractivity contribution in [1.29, 1.82) is 0 Å². The molecule has 0 amide bonds. The minimum atomic E-state index is -0.220. The summed E-state index contributed by atoms with van der Waals surface area (Å²) in [4.78, 5) is 4.53. The first-order valence-electron chi connectivity index (χ1n) is 7.44. The highest BCUT2D eigenvalue weighted by Crippen LogP contribution is 2.28. The number of ether oxygens (including phenoxy) is 1. The Morgan fingerprint density at radius 3 is 3.00 bits per heavy atom. The standard InChI is InChI=1S/C16H20ClFN2O/c1-10-6-15-14(7-13(10)18)19-16(11(2)17)20(15)8-12-4-3-5-21-9-12/h6-7,11-12H,3-5,8-9H2,1-2H3.